The van der Waals surface area contributed by atoms with Crippen molar-refractivity contribution in [3.05, 3.63) is 140 Å². The molecule has 188 valence electrons. The summed E-state index contributed by atoms with van der Waals surface area (Å²) in [4.78, 5) is 14.2. The van der Waals surface area contributed by atoms with E-state index in [-0.39, 0.29) is 0 Å². The topological polar surface area (TPSA) is 48.5 Å². The Kier molecular flexibility index (Phi) is 5.07. The Morgan fingerprint density at radius 3 is 1.82 bits per heavy atom. The summed E-state index contributed by atoms with van der Waals surface area (Å²) in [6.45, 7) is 0. The maximum atomic E-state index is 5.00. The number of fused-ring (bicyclic) bond motifs is 4. The highest BCUT2D eigenvalue weighted by molar-refractivity contribution is 6.13. The number of pyridine rings is 3. The molecule has 8 rings (SSSR count). The molecule has 0 fully saturated rings. The van der Waals surface area contributed by atoms with Gasteiger partial charge in [0.2, 0.25) is 0 Å². The van der Waals surface area contributed by atoms with Crippen LogP contribution in [0.15, 0.2) is 140 Å². The van der Waals surface area contributed by atoms with Gasteiger partial charge < -0.3 is 9.13 Å². The predicted molar refractivity (Wildman–Crippen MR) is 162 cm³/mol. The van der Waals surface area contributed by atoms with Gasteiger partial charge in [0, 0.05) is 40.4 Å². The van der Waals surface area contributed by atoms with Crippen molar-refractivity contribution in [2.45, 2.75) is 0 Å². The first-order valence-corrected chi connectivity index (χ1v) is 13.3. The largest absolute Gasteiger partial charge is 0.316 e. The van der Waals surface area contributed by atoms with Gasteiger partial charge in [-0.25, -0.2) is 4.98 Å². The van der Waals surface area contributed by atoms with E-state index in [2.05, 4.69) is 104 Å². The zero-order valence-corrected chi connectivity index (χ0v) is 21.5. The Labute approximate surface area is 230 Å². The summed E-state index contributed by atoms with van der Waals surface area (Å²) in [5.74, 6) is 0. The Balaban J connectivity index is 1.45. The number of benzene rings is 3. The van der Waals surface area contributed by atoms with E-state index in [0.717, 1.165) is 50.7 Å². The maximum Gasteiger partial charge on any atom is 0.0915 e. The van der Waals surface area contributed by atoms with Crippen molar-refractivity contribution in [2.24, 2.45) is 0 Å². The van der Waals surface area contributed by atoms with Gasteiger partial charge in [-0.05, 0) is 72.8 Å². The Morgan fingerprint density at radius 2 is 1.12 bits per heavy atom. The molecule has 0 amide bonds. The molecule has 40 heavy (non-hydrogen) atoms. The van der Waals surface area contributed by atoms with Crippen LogP contribution in [0.3, 0.4) is 0 Å². The fourth-order valence-electron chi connectivity index (χ4n) is 5.63. The summed E-state index contributed by atoms with van der Waals surface area (Å²) < 4.78 is 4.59. The number of rotatable bonds is 4. The van der Waals surface area contributed by atoms with Gasteiger partial charge in [0.1, 0.15) is 0 Å². The molecule has 0 unspecified atom stereocenters. The van der Waals surface area contributed by atoms with Gasteiger partial charge in [0.25, 0.3) is 0 Å². The second kappa shape index (κ2) is 9.03. The third-order valence-corrected chi connectivity index (χ3v) is 7.44. The minimum atomic E-state index is 0.804. The van der Waals surface area contributed by atoms with E-state index >= 15 is 0 Å². The van der Waals surface area contributed by atoms with Gasteiger partial charge in [-0.15, -0.1) is 0 Å². The SMILES string of the molecule is c1ccc(-n2ccc3cc4c5ccccc5n(-c5cc(-c6ccccn6)nc(-c6ccccn6)c5)c4cc32)cc1. The second-order valence-corrected chi connectivity index (χ2v) is 9.83. The monoisotopic (exact) mass is 513 g/mol. The summed E-state index contributed by atoms with van der Waals surface area (Å²) in [7, 11) is 0. The molecule has 0 spiro atoms. The number of hydrogen-bond donors (Lipinski definition) is 0. The first-order valence-electron chi connectivity index (χ1n) is 13.3. The molecule has 0 aliphatic rings. The van der Waals surface area contributed by atoms with E-state index in [1.54, 1.807) is 12.4 Å². The first kappa shape index (κ1) is 22.4. The molecule has 0 atom stereocenters. The maximum absolute atomic E-state index is 5.00. The third-order valence-electron chi connectivity index (χ3n) is 7.44. The van der Waals surface area contributed by atoms with E-state index in [4.69, 9.17) is 4.98 Å². The van der Waals surface area contributed by atoms with Crippen LogP contribution in [0.5, 0.6) is 0 Å². The summed E-state index contributed by atoms with van der Waals surface area (Å²) in [6.07, 6.45) is 5.76. The van der Waals surface area contributed by atoms with Crippen LogP contribution in [0.4, 0.5) is 0 Å². The van der Waals surface area contributed by atoms with Gasteiger partial charge in [0.15, 0.2) is 0 Å². The van der Waals surface area contributed by atoms with Crippen LogP contribution in [0, 0.1) is 0 Å². The smallest absolute Gasteiger partial charge is 0.0915 e. The molecule has 0 N–H and O–H groups in total. The number of aromatic nitrogens is 5. The lowest BCUT2D eigenvalue weighted by atomic mass is 10.1. The van der Waals surface area contributed by atoms with Gasteiger partial charge in [-0.3, -0.25) is 9.97 Å². The van der Waals surface area contributed by atoms with Crippen LogP contribution in [-0.4, -0.2) is 24.1 Å². The molecule has 0 bridgehead atoms. The van der Waals surface area contributed by atoms with E-state index in [1.165, 1.54) is 16.2 Å². The van der Waals surface area contributed by atoms with Crippen molar-refractivity contribution >= 4 is 32.7 Å². The summed E-state index contributed by atoms with van der Waals surface area (Å²) in [6, 6.07) is 42.0. The van der Waals surface area contributed by atoms with E-state index in [9.17, 15) is 0 Å². The van der Waals surface area contributed by atoms with Crippen LogP contribution in [0.25, 0.3) is 66.9 Å². The molecule has 5 nitrogen and oxygen atoms in total. The number of para-hydroxylation sites is 2. The molecule has 5 aromatic heterocycles. The molecular formula is C35H23N5. The number of nitrogens with zero attached hydrogens (tertiary/aromatic N) is 5. The molecule has 5 heterocycles. The summed E-state index contributed by atoms with van der Waals surface area (Å²) in [5, 5.41) is 3.63. The van der Waals surface area contributed by atoms with E-state index in [1.807, 2.05) is 42.5 Å². The van der Waals surface area contributed by atoms with Crippen LogP contribution in [0.2, 0.25) is 0 Å². The van der Waals surface area contributed by atoms with E-state index in [0.29, 0.717) is 0 Å². The van der Waals surface area contributed by atoms with Crippen LogP contribution in [0.1, 0.15) is 0 Å². The molecule has 0 saturated heterocycles. The summed E-state index contributed by atoms with van der Waals surface area (Å²) >= 11 is 0. The van der Waals surface area contributed by atoms with Crippen LogP contribution >= 0.6 is 0 Å². The quantitative estimate of drug-likeness (QED) is 0.238. The minimum Gasteiger partial charge on any atom is -0.316 e. The minimum absolute atomic E-state index is 0.804. The Hall–Kier alpha value is -5.55. The number of hydrogen-bond acceptors (Lipinski definition) is 3. The third kappa shape index (κ3) is 3.60. The zero-order valence-electron chi connectivity index (χ0n) is 21.5. The zero-order chi connectivity index (χ0) is 26.5. The average molecular weight is 514 g/mol. The lowest BCUT2D eigenvalue weighted by Crippen LogP contribution is -1.99. The standard InChI is InChI=1S/C35H23N5/c1-2-10-25(11-3-1)39-19-16-24-20-28-27-12-4-5-15-33(27)40(35(28)23-34(24)39)26-21-31(29-13-6-8-17-36-29)38-32(22-26)30-14-7-9-18-37-30/h1-23H. The molecule has 8 aromatic rings. The normalized spacial score (nSPS) is 11.5. The lowest BCUT2D eigenvalue weighted by molar-refractivity contribution is 1.12. The highest BCUT2D eigenvalue weighted by Gasteiger charge is 2.17. The van der Waals surface area contributed by atoms with Gasteiger partial charge in [-0.2, -0.15) is 0 Å². The predicted octanol–water partition coefficient (Wildman–Crippen LogP) is 8.25. The molecular weight excluding hydrogens is 490 g/mol. The second-order valence-electron chi connectivity index (χ2n) is 9.83. The van der Waals surface area contributed by atoms with E-state index < -0.39 is 0 Å². The first-order chi connectivity index (χ1) is 19.8. The molecule has 0 aliphatic carbocycles. The van der Waals surface area contributed by atoms with Crippen LogP contribution < -0.4 is 0 Å². The molecule has 0 radical (unpaired) electrons. The van der Waals surface area contributed by atoms with Gasteiger partial charge in [-0.1, -0.05) is 48.5 Å². The van der Waals surface area contributed by atoms with Crippen molar-refractivity contribution in [1.82, 2.24) is 24.1 Å². The molecule has 0 aliphatic heterocycles. The molecule has 5 heteroatoms. The highest BCUT2D eigenvalue weighted by atomic mass is 15.0. The van der Waals surface area contributed by atoms with Gasteiger partial charge in [0.05, 0.1) is 45.0 Å². The van der Waals surface area contributed by atoms with Gasteiger partial charge >= 0.3 is 0 Å². The van der Waals surface area contributed by atoms with Crippen LogP contribution in [-0.2, 0) is 0 Å². The highest BCUT2D eigenvalue weighted by Crippen LogP contribution is 2.37. The van der Waals surface area contributed by atoms with Crippen molar-refractivity contribution in [2.75, 3.05) is 0 Å². The Morgan fingerprint density at radius 1 is 0.450 bits per heavy atom. The Bertz CT molecular complexity index is 2090. The summed E-state index contributed by atoms with van der Waals surface area (Å²) in [5.41, 5.74) is 8.84. The fraction of sp³-hybridized carbons (Fsp3) is 0. The molecule has 0 saturated carbocycles. The van der Waals surface area contributed by atoms with Crippen molar-refractivity contribution < 1.29 is 0 Å². The fourth-order valence-corrected chi connectivity index (χ4v) is 5.63. The average Bonchev–Trinajstić information content (AvgIpc) is 3.59. The van der Waals surface area contributed by atoms with Crippen molar-refractivity contribution in [1.29, 1.82) is 0 Å². The van der Waals surface area contributed by atoms with Crippen molar-refractivity contribution in [3.8, 4) is 34.2 Å². The molecule has 3 aromatic carbocycles. The van der Waals surface area contributed by atoms with Crippen molar-refractivity contribution in [3.63, 3.8) is 0 Å². The lowest BCUT2D eigenvalue weighted by Gasteiger charge is -2.13.